The van der Waals surface area contributed by atoms with E-state index in [0.717, 1.165) is 25.7 Å². The number of nitrogens with one attached hydrogen (secondary N) is 1. The lowest BCUT2D eigenvalue weighted by Crippen LogP contribution is -2.43. The highest BCUT2D eigenvalue weighted by molar-refractivity contribution is 6.04. The van der Waals surface area contributed by atoms with Crippen molar-refractivity contribution in [3.8, 4) is 0 Å². The van der Waals surface area contributed by atoms with Crippen LogP contribution in [0.1, 0.15) is 41.5 Å². The molecule has 2 aliphatic rings. The first kappa shape index (κ1) is 9.26. The molecule has 0 amide bonds. The number of hydrogen-bond donors (Lipinski definition) is 1. The normalized spacial score (nSPS) is 31.6. The number of carbonyl (C=O) groups excluding carboxylic acids is 1. The lowest BCUT2D eigenvalue weighted by Gasteiger charge is -2.35. The van der Waals surface area contributed by atoms with E-state index >= 15 is 0 Å². The van der Waals surface area contributed by atoms with Crippen molar-refractivity contribution in [1.29, 1.82) is 0 Å². The molecule has 2 unspecified atom stereocenters. The summed E-state index contributed by atoms with van der Waals surface area (Å²) in [5, 5.41) is 0.201. The Labute approximate surface area is 129 Å². The Morgan fingerprint density at radius 1 is 1.38 bits per heavy atom. The summed E-state index contributed by atoms with van der Waals surface area (Å²) in [4.78, 5) is 17.7. The van der Waals surface area contributed by atoms with Gasteiger partial charge in [-0.05, 0) is 25.9 Å². The highest BCUT2D eigenvalue weighted by Gasteiger charge is 2.40. The van der Waals surface area contributed by atoms with E-state index in [0.29, 0.717) is 12.1 Å². The third kappa shape index (κ3) is 2.14. The molecule has 21 heavy (non-hydrogen) atoms. The summed E-state index contributed by atoms with van der Waals surface area (Å²) < 4.78 is 37.4. The van der Waals surface area contributed by atoms with Gasteiger partial charge in [0.15, 0.2) is 0 Å². The van der Waals surface area contributed by atoms with Gasteiger partial charge in [-0.2, -0.15) is 0 Å². The van der Waals surface area contributed by atoms with Crippen LogP contribution in [0, 0.1) is 0 Å². The average Bonchev–Trinajstić information content (AvgIpc) is 2.98. The third-order valence-corrected chi connectivity index (χ3v) is 4.83. The molecular weight excluding hydrogens is 264 g/mol. The van der Waals surface area contributed by atoms with E-state index < -0.39 is 5.97 Å². The SMILES string of the molecule is [2H]c1cc([2H])c2c(C(=O)OC3CC4CCC(C3)N4C)c([2H])[nH]c2c1[2H]. The van der Waals surface area contributed by atoms with Crippen molar-refractivity contribution in [2.75, 3.05) is 7.05 Å². The summed E-state index contributed by atoms with van der Waals surface area (Å²) in [6, 6.07) is 1.84. The minimum Gasteiger partial charge on any atom is -0.459 e. The molecule has 0 aliphatic carbocycles. The largest absolute Gasteiger partial charge is 0.459 e. The molecule has 110 valence electrons. The van der Waals surface area contributed by atoms with Crippen LogP contribution < -0.4 is 0 Å². The minimum absolute atomic E-state index is 0.000208. The summed E-state index contributed by atoms with van der Waals surface area (Å²) in [6.45, 7) is 0. The molecule has 2 saturated heterocycles. The van der Waals surface area contributed by atoms with E-state index in [1.807, 2.05) is 0 Å². The Kier molecular flexibility index (Phi) is 2.15. The van der Waals surface area contributed by atoms with E-state index in [4.69, 9.17) is 10.2 Å². The highest BCUT2D eigenvalue weighted by atomic mass is 16.5. The predicted octanol–water partition coefficient (Wildman–Crippen LogP) is 2.95. The molecule has 4 rings (SSSR count). The highest BCUT2D eigenvalue weighted by Crippen LogP contribution is 2.35. The van der Waals surface area contributed by atoms with Gasteiger partial charge in [0, 0.05) is 42.0 Å². The van der Waals surface area contributed by atoms with Gasteiger partial charge >= 0.3 is 5.97 Å². The van der Waals surface area contributed by atoms with Gasteiger partial charge in [-0.1, -0.05) is 18.2 Å². The Balaban J connectivity index is 1.65. The topological polar surface area (TPSA) is 45.3 Å². The van der Waals surface area contributed by atoms with Crippen molar-refractivity contribution >= 4 is 16.9 Å². The number of hydrogen-bond acceptors (Lipinski definition) is 3. The first-order valence-electron chi connectivity index (χ1n) is 9.38. The number of piperidine rings is 1. The fraction of sp³-hybridized carbons (Fsp3) is 0.471. The second kappa shape index (κ2) is 4.88. The molecule has 1 aromatic carbocycles. The zero-order chi connectivity index (χ0) is 17.9. The quantitative estimate of drug-likeness (QED) is 0.864. The zero-order valence-corrected chi connectivity index (χ0v) is 11.9. The number of ether oxygens (including phenoxy) is 1. The summed E-state index contributed by atoms with van der Waals surface area (Å²) >= 11 is 0. The van der Waals surface area contributed by atoms with Crippen molar-refractivity contribution in [2.24, 2.45) is 0 Å². The fourth-order valence-electron chi connectivity index (χ4n) is 3.65. The van der Waals surface area contributed by atoms with Gasteiger partial charge in [0.1, 0.15) is 6.10 Å². The van der Waals surface area contributed by atoms with Gasteiger partial charge in [-0.25, -0.2) is 4.79 Å². The molecular formula is C17H20N2O2. The molecule has 2 fully saturated rings. The number of carbonyl (C=O) groups is 1. The predicted molar refractivity (Wildman–Crippen MR) is 81.3 cm³/mol. The Morgan fingerprint density at radius 2 is 2.14 bits per heavy atom. The Morgan fingerprint density at radius 3 is 2.90 bits per heavy atom. The van der Waals surface area contributed by atoms with Crippen LogP contribution in [-0.4, -0.2) is 41.1 Å². The monoisotopic (exact) mass is 288 g/mol. The lowest BCUT2D eigenvalue weighted by atomic mass is 10.0. The van der Waals surface area contributed by atoms with Gasteiger partial charge in [0.2, 0.25) is 0 Å². The number of esters is 1. The second-order valence-electron chi connectivity index (χ2n) is 5.98. The number of benzene rings is 1. The Hall–Kier alpha value is -1.81. The van der Waals surface area contributed by atoms with Gasteiger partial charge in [-0.15, -0.1) is 0 Å². The molecule has 0 saturated carbocycles. The van der Waals surface area contributed by atoms with E-state index in [2.05, 4.69) is 16.9 Å². The standard InChI is InChI=1S/C17H20N2O2/c1-19-11-6-7-12(19)9-13(8-11)21-17(20)15-10-18-16-5-3-2-4-14(15)16/h2-5,10-13,18H,6-9H2,1H3/i3D,4D,5D,10D. The van der Waals surface area contributed by atoms with Crippen molar-refractivity contribution < 1.29 is 15.0 Å². The van der Waals surface area contributed by atoms with Crippen LogP contribution in [0.5, 0.6) is 0 Å². The summed E-state index contributed by atoms with van der Waals surface area (Å²) in [5.74, 6) is -0.615. The van der Waals surface area contributed by atoms with Crippen LogP contribution in [0.25, 0.3) is 10.9 Å². The van der Waals surface area contributed by atoms with Crippen molar-refractivity contribution in [2.45, 2.75) is 43.9 Å². The summed E-state index contributed by atoms with van der Waals surface area (Å²) in [5.41, 5.74) is 0.178. The zero-order valence-electron chi connectivity index (χ0n) is 15.9. The van der Waals surface area contributed by atoms with Crippen LogP contribution in [0.4, 0.5) is 0 Å². The van der Waals surface area contributed by atoms with Crippen molar-refractivity contribution in [3.63, 3.8) is 0 Å². The lowest BCUT2D eigenvalue weighted by molar-refractivity contribution is -0.000258. The molecule has 2 bridgehead atoms. The van der Waals surface area contributed by atoms with Gasteiger partial charge in [0.05, 0.1) is 11.0 Å². The van der Waals surface area contributed by atoms with E-state index in [1.54, 1.807) is 0 Å². The number of fused-ring (bicyclic) bond motifs is 3. The molecule has 2 aromatic rings. The molecule has 4 heteroatoms. The third-order valence-electron chi connectivity index (χ3n) is 4.83. The minimum atomic E-state index is -0.615. The van der Waals surface area contributed by atoms with Gasteiger partial charge in [-0.3, -0.25) is 0 Å². The van der Waals surface area contributed by atoms with E-state index in [1.165, 1.54) is 6.07 Å². The number of aromatic nitrogens is 1. The number of nitrogens with zero attached hydrogens (tertiary/aromatic N) is 1. The molecule has 0 radical (unpaired) electrons. The summed E-state index contributed by atoms with van der Waals surface area (Å²) in [7, 11) is 2.11. The molecule has 2 atom stereocenters. The van der Waals surface area contributed by atoms with Crippen LogP contribution in [-0.2, 0) is 4.74 Å². The smallest absolute Gasteiger partial charge is 0.340 e. The Bertz CT molecular complexity index is 852. The fourth-order valence-corrected chi connectivity index (χ4v) is 3.65. The van der Waals surface area contributed by atoms with Crippen molar-refractivity contribution in [1.82, 2.24) is 9.88 Å². The maximum atomic E-state index is 12.7. The maximum absolute atomic E-state index is 12.7. The van der Waals surface area contributed by atoms with Crippen LogP contribution in [0.3, 0.4) is 0 Å². The molecule has 1 aromatic heterocycles. The van der Waals surface area contributed by atoms with Crippen LogP contribution in [0.2, 0.25) is 0 Å². The molecule has 3 heterocycles. The number of rotatable bonds is 2. The number of aromatic amines is 1. The van der Waals surface area contributed by atoms with Gasteiger partial charge in [0.25, 0.3) is 0 Å². The first-order valence-corrected chi connectivity index (χ1v) is 7.38. The van der Waals surface area contributed by atoms with E-state index in [9.17, 15) is 4.79 Å². The molecule has 4 nitrogen and oxygen atoms in total. The van der Waals surface area contributed by atoms with E-state index in [-0.39, 0.29) is 46.9 Å². The summed E-state index contributed by atoms with van der Waals surface area (Å²) in [6.07, 6.45) is 3.49. The van der Waals surface area contributed by atoms with Crippen LogP contribution in [0.15, 0.2) is 30.4 Å². The maximum Gasteiger partial charge on any atom is 0.340 e. The number of H-pyrrole nitrogens is 1. The average molecular weight is 288 g/mol. The van der Waals surface area contributed by atoms with Crippen molar-refractivity contribution in [3.05, 3.63) is 35.9 Å². The molecule has 2 aliphatic heterocycles. The first-order chi connectivity index (χ1) is 11.9. The molecule has 0 spiro atoms. The molecule has 1 N–H and O–H groups in total. The number of para-hydroxylation sites is 1. The second-order valence-corrected chi connectivity index (χ2v) is 5.98. The van der Waals surface area contributed by atoms with Crippen LogP contribution >= 0.6 is 0 Å². The van der Waals surface area contributed by atoms with Gasteiger partial charge < -0.3 is 14.6 Å².